The average molecular weight is 280 g/mol. The normalized spacial score (nSPS) is 10.4. The summed E-state index contributed by atoms with van der Waals surface area (Å²) in [7, 11) is 0. The molecule has 0 heterocycles. The molecule has 0 fully saturated rings. The van der Waals surface area contributed by atoms with Gasteiger partial charge in [-0.25, -0.2) is 4.39 Å². The van der Waals surface area contributed by atoms with Crippen LogP contribution in [0.3, 0.4) is 0 Å². The van der Waals surface area contributed by atoms with E-state index in [2.05, 4.69) is 15.9 Å². The van der Waals surface area contributed by atoms with Gasteiger partial charge in [-0.15, -0.1) is 0 Å². The Morgan fingerprint density at radius 1 is 1.00 bits per heavy atom. The third kappa shape index (κ3) is 2.25. The van der Waals surface area contributed by atoms with Gasteiger partial charge in [0.1, 0.15) is 5.82 Å². The van der Waals surface area contributed by atoms with E-state index >= 15 is 0 Å². The maximum atomic E-state index is 13.2. The minimum atomic E-state index is -0.357. The Bertz CT molecular complexity index is 511. The van der Waals surface area contributed by atoms with Crippen molar-refractivity contribution in [1.29, 1.82) is 0 Å². The molecular formula is C13H11BrFN. The highest BCUT2D eigenvalue weighted by atomic mass is 79.9. The summed E-state index contributed by atoms with van der Waals surface area (Å²) >= 11 is 3.46. The van der Waals surface area contributed by atoms with E-state index in [0.717, 1.165) is 15.6 Å². The summed E-state index contributed by atoms with van der Waals surface area (Å²) in [6.07, 6.45) is 0.630. The third-order valence-corrected chi connectivity index (χ3v) is 3.26. The Morgan fingerprint density at radius 2 is 1.69 bits per heavy atom. The number of nitrogens with two attached hydrogens (primary N) is 1. The van der Waals surface area contributed by atoms with Crippen LogP contribution in [-0.2, 0) is 6.42 Å². The quantitative estimate of drug-likeness (QED) is 0.833. The fourth-order valence-corrected chi connectivity index (χ4v) is 2.01. The molecule has 0 aliphatic carbocycles. The highest BCUT2D eigenvalue weighted by molar-refractivity contribution is 9.10. The van der Waals surface area contributed by atoms with Crippen LogP contribution < -0.4 is 5.73 Å². The van der Waals surface area contributed by atoms with E-state index in [1.807, 2.05) is 30.3 Å². The van der Waals surface area contributed by atoms with Crippen molar-refractivity contribution in [3.8, 4) is 0 Å². The molecule has 0 amide bonds. The minimum Gasteiger partial charge on any atom is -0.396 e. The number of para-hydroxylation sites is 1. The lowest BCUT2D eigenvalue weighted by Crippen LogP contribution is -1.99. The second-order valence-corrected chi connectivity index (χ2v) is 4.44. The maximum Gasteiger partial charge on any atom is 0.146 e. The fourth-order valence-electron chi connectivity index (χ4n) is 1.58. The molecule has 0 bridgehead atoms. The largest absolute Gasteiger partial charge is 0.396 e. The molecule has 0 unspecified atom stereocenters. The monoisotopic (exact) mass is 279 g/mol. The number of nitrogen functional groups attached to an aromatic ring is 1. The number of anilines is 1. The van der Waals surface area contributed by atoms with Crippen molar-refractivity contribution < 1.29 is 4.39 Å². The van der Waals surface area contributed by atoms with Crippen molar-refractivity contribution in [3.63, 3.8) is 0 Å². The molecule has 0 saturated carbocycles. The Morgan fingerprint density at radius 3 is 2.44 bits per heavy atom. The molecule has 3 heteroatoms. The van der Waals surface area contributed by atoms with Crippen molar-refractivity contribution in [3.05, 3.63) is 63.9 Å². The van der Waals surface area contributed by atoms with Gasteiger partial charge >= 0.3 is 0 Å². The molecule has 0 atom stereocenters. The lowest BCUT2D eigenvalue weighted by Gasteiger charge is -2.07. The van der Waals surface area contributed by atoms with Crippen molar-refractivity contribution in [1.82, 2.24) is 0 Å². The number of rotatable bonds is 2. The van der Waals surface area contributed by atoms with Crippen molar-refractivity contribution >= 4 is 21.6 Å². The molecule has 0 radical (unpaired) electrons. The summed E-state index contributed by atoms with van der Waals surface area (Å²) in [5.74, 6) is -0.357. The summed E-state index contributed by atoms with van der Waals surface area (Å²) in [6.45, 7) is 0. The first-order valence-corrected chi connectivity index (χ1v) is 5.74. The molecule has 0 spiro atoms. The molecule has 2 aromatic carbocycles. The molecule has 2 N–H and O–H groups in total. The molecule has 0 aliphatic heterocycles. The van der Waals surface area contributed by atoms with E-state index in [4.69, 9.17) is 5.73 Å². The van der Waals surface area contributed by atoms with Crippen LogP contribution in [0, 0.1) is 5.82 Å². The summed E-state index contributed by atoms with van der Waals surface area (Å²) in [6, 6.07) is 12.8. The van der Waals surface area contributed by atoms with Crippen LogP contribution in [-0.4, -0.2) is 0 Å². The second kappa shape index (κ2) is 4.66. The number of benzene rings is 2. The number of hydrogen-bond acceptors (Lipinski definition) is 1. The fraction of sp³-hybridized carbons (Fsp3) is 0.0769. The third-order valence-electron chi connectivity index (χ3n) is 2.48. The Hall–Kier alpha value is -1.35. The SMILES string of the molecule is Nc1c(F)cccc1Cc1ccccc1Br. The number of hydrogen-bond donors (Lipinski definition) is 1. The van der Waals surface area contributed by atoms with Crippen LogP contribution in [0.5, 0.6) is 0 Å². The van der Waals surface area contributed by atoms with Gasteiger partial charge in [-0.2, -0.15) is 0 Å². The van der Waals surface area contributed by atoms with E-state index in [0.29, 0.717) is 6.42 Å². The molecule has 0 aliphatic rings. The predicted octanol–water partition coefficient (Wildman–Crippen LogP) is 3.76. The van der Waals surface area contributed by atoms with E-state index < -0.39 is 0 Å². The van der Waals surface area contributed by atoms with Crippen molar-refractivity contribution in [2.45, 2.75) is 6.42 Å². The van der Waals surface area contributed by atoms with Crippen LogP contribution in [0.25, 0.3) is 0 Å². The zero-order chi connectivity index (χ0) is 11.5. The van der Waals surface area contributed by atoms with Crippen LogP contribution in [0.2, 0.25) is 0 Å². The van der Waals surface area contributed by atoms with E-state index in [1.54, 1.807) is 6.07 Å². The van der Waals surface area contributed by atoms with Gasteiger partial charge in [0.2, 0.25) is 0 Å². The number of halogens is 2. The standard InChI is InChI=1S/C13H11BrFN/c14-11-6-2-1-4-9(11)8-10-5-3-7-12(15)13(10)16/h1-7H,8,16H2. The van der Waals surface area contributed by atoms with Gasteiger partial charge < -0.3 is 5.73 Å². The highest BCUT2D eigenvalue weighted by Gasteiger charge is 2.06. The van der Waals surface area contributed by atoms with Gasteiger partial charge in [0.25, 0.3) is 0 Å². The van der Waals surface area contributed by atoms with Gasteiger partial charge in [-0.1, -0.05) is 46.3 Å². The topological polar surface area (TPSA) is 26.0 Å². The first kappa shape index (κ1) is 11.1. The predicted molar refractivity (Wildman–Crippen MR) is 67.8 cm³/mol. The molecule has 0 saturated heterocycles. The molecule has 82 valence electrons. The van der Waals surface area contributed by atoms with E-state index in [1.165, 1.54) is 6.07 Å². The first-order chi connectivity index (χ1) is 7.68. The van der Waals surface area contributed by atoms with Gasteiger partial charge in [-0.05, 0) is 23.3 Å². The molecule has 16 heavy (non-hydrogen) atoms. The summed E-state index contributed by atoms with van der Waals surface area (Å²) < 4.78 is 14.3. The average Bonchev–Trinajstić information content (AvgIpc) is 2.28. The second-order valence-electron chi connectivity index (χ2n) is 3.58. The van der Waals surface area contributed by atoms with E-state index in [-0.39, 0.29) is 11.5 Å². The maximum absolute atomic E-state index is 13.2. The minimum absolute atomic E-state index is 0.234. The van der Waals surface area contributed by atoms with Gasteiger partial charge in [0, 0.05) is 10.9 Å². The lowest BCUT2D eigenvalue weighted by molar-refractivity contribution is 0.631. The molecular weight excluding hydrogens is 269 g/mol. The van der Waals surface area contributed by atoms with Gasteiger partial charge in [0.05, 0.1) is 5.69 Å². The molecule has 2 aromatic rings. The van der Waals surface area contributed by atoms with Crippen molar-refractivity contribution in [2.75, 3.05) is 5.73 Å². The zero-order valence-corrected chi connectivity index (χ0v) is 10.2. The molecule has 2 rings (SSSR count). The molecule has 1 nitrogen and oxygen atoms in total. The van der Waals surface area contributed by atoms with Gasteiger partial charge in [-0.3, -0.25) is 0 Å². The van der Waals surface area contributed by atoms with E-state index in [9.17, 15) is 4.39 Å². The summed E-state index contributed by atoms with van der Waals surface area (Å²) in [4.78, 5) is 0. The van der Waals surface area contributed by atoms with Crippen LogP contribution in [0.4, 0.5) is 10.1 Å². The summed E-state index contributed by atoms with van der Waals surface area (Å²) in [5.41, 5.74) is 7.83. The van der Waals surface area contributed by atoms with Crippen molar-refractivity contribution in [2.24, 2.45) is 0 Å². The smallest absolute Gasteiger partial charge is 0.146 e. The highest BCUT2D eigenvalue weighted by Crippen LogP contribution is 2.23. The Balaban J connectivity index is 2.35. The molecule has 0 aromatic heterocycles. The van der Waals surface area contributed by atoms with Crippen LogP contribution in [0.1, 0.15) is 11.1 Å². The van der Waals surface area contributed by atoms with Crippen LogP contribution >= 0.6 is 15.9 Å². The summed E-state index contributed by atoms with van der Waals surface area (Å²) in [5, 5.41) is 0. The van der Waals surface area contributed by atoms with Crippen LogP contribution in [0.15, 0.2) is 46.9 Å². The Kier molecular flexibility index (Phi) is 3.25. The Labute approximate surface area is 102 Å². The zero-order valence-electron chi connectivity index (χ0n) is 8.58. The van der Waals surface area contributed by atoms with Gasteiger partial charge in [0.15, 0.2) is 0 Å². The lowest BCUT2D eigenvalue weighted by atomic mass is 10.0. The first-order valence-electron chi connectivity index (χ1n) is 4.95.